The molecular weight excluding hydrogens is 354 g/mol. The van der Waals surface area contributed by atoms with Gasteiger partial charge in [0.2, 0.25) is 5.91 Å². The summed E-state index contributed by atoms with van der Waals surface area (Å²) in [6, 6.07) is 4.04. The minimum Gasteiger partial charge on any atom is -0.481 e. The molecule has 2 bridgehead atoms. The van der Waals surface area contributed by atoms with Crippen molar-refractivity contribution < 1.29 is 33.8 Å². The SMILES string of the molecule is COC(=O)c1cc(NC(=O)[C@H]2[C@@H](C(=O)O)[C@H]3C=C[C@H]2C3)cc(C(=O)OC)c1. The number of carbonyl (C=O) groups excluding carboxylic acids is 3. The maximum absolute atomic E-state index is 12.8. The smallest absolute Gasteiger partial charge is 0.337 e. The van der Waals surface area contributed by atoms with Gasteiger partial charge in [0.05, 0.1) is 37.2 Å². The van der Waals surface area contributed by atoms with E-state index in [1.165, 1.54) is 32.4 Å². The van der Waals surface area contributed by atoms with Crippen LogP contribution in [0, 0.1) is 23.7 Å². The summed E-state index contributed by atoms with van der Waals surface area (Å²) >= 11 is 0. The molecule has 8 heteroatoms. The Labute approximate surface area is 155 Å². The number of benzene rings is 1. The predicted molar refractivity (Wildman–Crippen MR) is 93.1 cm³/mol. The first-order valence-corrected chi connectivity index (χ1v) is 8.39. The number of amides is 1. The van der Waals surface area contributed by atoms with Crippen LogP contribution in [0.15, 0.2) is 30.4 Å². The second kappa shape index (κ2) is 7.22. The van der Waals surface area contributed by atoms with Gasteiger partial charge in [0.1, 0.15) is 0 Å². The maximum Gasteiger partial charge on any atom is 0.337 e. The van der Waals surface area contributed by atoms with Gasteiger partial charge in [0.15, 0.2) is 0 Å². The van der Waals surface area contributed by atoms with Crippen molar-refractivity contribution in [3.05, 3.63) is 41.5 Å². The van der Waals surface area contributed by atoms with E-state index in [9.17, 15) is 24.3 Å². The monoisotopic (exact) mass is 373 g/mol. The Kier molecular flexibility index (Phi) is 4.98. The number of methoxy groups -OCH3 is 2. The van der Waals surface area contributed by atoms with Crippen LogP contribution in [-0.2, 0) is 19.1 Å². The van der Waals surface area contributed by atoms with Crippen LogP contribution in [0.5, 0.6) is 0 Å². The van der Waals surface area contributed by atoms with E-state index in [0.717, 1.165) is 0 Å². The molecule has 27 heavy (non-hydrogen) atoms. The van der Waals surface area contributed by atoms with Crippen LogP contribution in [0.4, 0.5) is 5.69 Å². The lowest BCUT2D eigenvalue weighted by molar-refractivity contribution is -0.146. The van der Waals surface area contributed by atoms with E-state index in [-0.39, 0.29) is 28.7 Å². The molecule has 1 aromatic carbocycles. The van der Waals surface area contributed by atoms with Crippen molar-refractivity contribution in [1.29, 1.82) is 0 Å². The van der Waals surface area contributed by atoms with Crippen molar-refractivity contribution in [3.8, 4) is 0 Å². The van der Waals surface area contributed by atoms with E-state index < -0.39 is 35.7 Å². The minimum absolute atomic E-state index is 0.0679. The third-order valence-corrected chi connectivity index (χ3v) is 5.09. The summed E-state index contributed by atoms with van der Waals surface area (Å²) in [4.78, 5) is 48.1. The number of allylic oxidation sites excluding steroid dienone is 2. The number of carboxylic acids is 1. The van der Waals surface area contributed by atoms with Crippen molar-refractivity contribution in [3.63, 3.8) is 0 Å². The van der Waals surface area contributed by atoms with Gasteiger partial charge in [-0.15, -0.1) is 0 Å². The molecule has 4 atom stereocenters. The van der Waals surface area contributed by atoms with E-state index in [1.54, 1.807) is 0 Å². The van der Waals surface area contributed by atoms with Crippen LogP contribution in [0.1, 0.15) is 27.1 Å². The molecule has 2 aliphatic rings. The van der Waals surface area contributed by atoms with Gasteiger partial charge in [-0.2, -0.15) is 0 Å². The molecule has 3 rings (SSSR count). The Bertz CT molecular complexity index is 810. The van der Waals surface area contributed by atoms with Gasteiger partial charge < -0.3 is 19.9 Å². The first-order valence-electron chi connectivity index (χ1n) is 8.39. The fourth-order valence-electron chi connectivity index (χ4n) is 3.91. The van der Waals surface area contributed by atoms with Gasteiger partial charge in [-0.3, -0.25) is 9.59 Å². The number of esters is 2. The molecule has 0 heterocycles. The lowest BCUT2D eigenvalue weighted by Crippen LogP contribution is -2.36. The van der Waals surface area contributed by atoms with Crippen molar-refractivity contribution >= 4 is 29.5 Å². The van der Waals surface area contributed by atoms with Crippen molar-refractivity contribution in [2.24, 2.45) is 23.7 Å². The average molecular weight is 373 g/mol. The number of fused-ring (bicyclic) bond motifs is 2. The fourth-order valence-corrected chi connectivity index (χ4v) is 3.91. The van der Waals surface area contributed by atoms with E-state index in [0.29, 0.717) is 6.42 Å². The molecule has 8 nitrogen and oxygen atoms in total. The van der Waals surface area contributed by atoms with Gasteiger partial charge in [0, 0.05) is 5.69 Å². The van der Waals surface area contributed by atoms with Crippen molar-refractivity contribution in [2.75, 3.05) is 19.5 Å². The lowest BCUT2D eigenvalue weighted by atomic mass is 9.82. The van der Waals surface area contributed by atoms with Crippen LogP contribution < -0.4 is 5.32 Å². The summed E-state index contributed by atoms with van der Waals surface area (Å²) in [6.45, 7) is 0. The average Bonchev–Trinajstić information content (AvgIpc) is 3.27. The molecule has 1 amide bonds. The Morgan fingerprint density at radius 2 is 1.44 bits per heavy atom. The molecule has 0 spiro atoms. The van der Waals surface area contributed by atoms with E-state index in [2.05, 4.69) is 14.8 Å². The first-order chi connectivity index (χ1) is 12.8. The largest absolute Gasteiger partial charge is 0.481 e. The quantitative estimate of drug-likeness (QED) is 0.596. The molecule has 1 saturated carbocycles. The number of nitrogens with one attached hydrogen (secondary N) is 1. The number of carboxylic acid groups (broad SMARTS) is 1. The Morgan fingerprint density at radius 3 is 1.93 bits per heavy atom. The van der Waals surface area contributed by atoms with Gasteiger partial charge in [-0.05, 0) is 36.5 Å². The molecule has 1 fully saturated rings. The van der Waals surface area contributed by atoms with Gasteiger partial charge in [-0.25, -0.2) is 9.59 Å². The van der Waals surface area contributed by atoms with Crippen LogP contribution in [0.25, 0.3) is 0 Å². The summed E-state index contributed by atoms with van der Waals surface area (Å²) in [5, 5.41) is 12.1. The van der Waals surface area contributed by atoms with Gasteiger partial charge in [0.25, 0.3) is 0 Å². The van der Waals surface area contributed by atoms with Crippen LogP contribution in [-0.4, -0.2) is 43.1 Å². The van der Waals surface area contributed by atoms with Crippen LogP contribution in [0.3, 0.4) is 0 Å². The number of hydrogen-bond donors (Lipinski definition) is 2. The fraction of sp³-hybridized carbons (Fsp3) is 0.368. The van der Waals surface area contributed by atoms with E-state index >= 15 is 0 Å². The number of aliphatic carboxylic acids is 1. The topological polar surface area (TPSA) is 119 Å². The number of carbonyl (C=O) groups is 4. The minimum atomic E-state index is -1.01. The number of ether oxygens (including phenoxy) is 2. The molecule has 1 aromatic rings. The second-order valence-corrected chi connectivity index (χ2v) is 6.61. The summed E-state index contributed by atoms with van der Waals surface area (Å²) in [5.74, 6) is -4.62. The highest BCUT2D eigenvalue weighted by molar-refractivity contribution is 6.01. The molecular formula is C19H19NO7. The lowest BCUT2D eigenvalue weighted by Gasteiger charge is -2.24. The number of rotatable bonds is 5. The Hall–Kier alpha value is -3.16. The normalized spacial score (nSPS) is 25.1. The van der Waals surface area contributed by atoms with E-state index in [4.69, 9.17) is 0 Å². The molecule has 0 saturated heterocycles. The Balaban J connectivity index is 1.89. The highest BCUT2D eigenvalue weighted by atomic mass is 16.5. The highest BCUT2D eigenvalue weighted by Gasteiger charge is 2.51. The molecule has 0 unspecified atom stereocenters. The molecule has 0 aliphatic heterocycles. The molecule has 2 aliphatic carbocycles. The van der Waals surface area contributed by atoms with Crippen LogP contribution >= 0.6 is 0 Å². The summed E-state index contributed by atoms with van der Waals surface area (Å²) < 4.78 is 9.33. The standard InChI is InChI=1S/C19H19NO7/c1-26-18(24)11-6-12(19(25)27-2)8-13(7-11)20-16(21)14-9-3-4-10(5-9)15(14)17(22)23/h3-4,6-10,14-15H,5H2,1-2H3,(H,20,21)(H,22,23)/t9-,10-,14+,15-/m0/s1. The maximum atomic E-state index is 12.8. The van der Waals surface area contributed by atoms with Crippen molar-refractivity contribution in [2.45, 2.75) is 6.42 Å². The predicted octanol–water partition coefficient (Wildman–Crippen LogP) is 1.72. The first kappa shape index (κ1) is 18.6. The van der Waals surface area contributed by atoms with Gasteiger partial charge >= 0.3 is 17.9 Å². The highest BCUT2D eigenvalue weighted by Crippen LogP contribution is 2.48. The van der Waals surface area contributed by atoms with Crippen molar-refractivity contribution in [1.82, 2.24) is 0 Å². The zero-order valence-corrected chi connectivity index (χ0v) is 14.8. The number of hydrogen-bond acceptors (Lipinski definition) is 6. The number of anilines is 1. The third-order valence-electron chi connectivity index (χ3n) is 5.09. The zero-order chi connectivity index (χ0) is 19.7. The third kappa shape index (κ3) is 3.42. The second-order valence-electron chi connectivity index (χ2n) is 6.61. The Morgan fingerprint density at radius 1 is 0.926 bits per heavy atom. The zero-order valence-electron chi connectivity index (χ0n) is 14.8. The van der Waals surface area contributed by atoms with E-state index in [1.807, 2.05) is 12.2 Å². The van der Waals surface area contributed by atoms with Gasteiger partial charge in [-0.1, -0.05) is 12.2 Å². The molecule has 0 aromatic heterocycles. The molecule has 2 N–H and O–H groups in total. The molecule has 142 valence electrons. The van der Waals surface area contributed by atoms with Crippen LogP contribution in [0.2, 0.25) is 0 Å². The summed E-state index contributed by atoms with van der Waals surface area (Å²) in [6.07, 6.45) is 4.35. The summed E-state index contributed by atoms with van der Waals surface area (Å²) in [7, 11) is 2.40. The summed E-state index contributed by atoms with van der Waals surface area (Å²) in [5.41, 5.74) is 0.329. The molecule has 0 radical (unpaired) electrons.